The van der Waals surface area contributed by atoms with Crippen LogP contribution in [-0.4, -0.2) is 5.11 Å². The largest absolute Gasteiger partial charge is 0.506 e. The molecule has 3 N–H and O–H groups in total. The first-order valence-electron chi connectivity index (χ1n) is 4.50. The van der Waals surface area contributed by atoms with E-state index in [0.717, 1.165) is 5.57 Å². The number of rotatable bonds is 3. The average molecular weight is 311 g/mol. The minimum atomic E-state index is -0.501. The van der Waals surface area contributed by atoms with Crippen LogP contribution in [0.3, 0.4) is 0 Å². The number of hydrogen-bond acceptors (Lipinski definition) is 2. The average Bonchev–Trinajstić information content (AvgIpc) is 2.13. The number of aromatic hydroxyl groups is 1. The fraction of sp³-hybridized carbons (Fsp3) is 0.273. The highest BCUT2D eigenvalue weighted by Gasteiger charge is 2.15. The molecular formula is C11H14BrClFNO. The van der Waals surface area contributed by atoms with Gasteiger partial charge < -0.3 is 10.8 Å². The zero-order valence-corrected chi connectivity index (χ0v) is 11.2. The second-order valence-corrected chi connectivity index (χ2v) is 4.36. The molecular weight excluding hydrogens is 296 g/mol. The summed E-state index contributed by atoms with van der Waals surface area (Å²) in [5.74, 6) is -0.637. The Hall–Kier alpha value is -0.580. The lowest BCUT2D eigenvalue weighted by Crippen LogP contribution is -2.11. The van der Waals surface area contributed by atoms with Crippen molar-refractivity contribution < 1.29 is 9.50 Å². The van der Waals surface area contributed by atoms with E-state index < -0.39 is 5.82 Å². The van der Waals surface area contributed by atoms with Gasteiger partial charge in [-0.2, -0.15) is 0 Å². The summed E-state index contributed by atoms with van der Waals surface area (Å²) in [6.07, 6.45) is 0.561. The quantitative estimate of drug-likeness (QED) is 0.837. The van der Waals surface area contributed by atoms with E-state index in [9.17, 15) is 9.50 Å². The monoisotopic (exact) mass is 309 g/mol. The van der Waals surface area contributed by atoms with Crippen LogP contribution in [0.5, 0.6) is 5.75 Å². The van der Waals surface area contributed by atoms with Gasteiger partial charge in [-0.05, 0) is 35.3 Å². The van der Waals surface area contributed by atoms with Gasteiger partial charge in [-0.15, -0.1) is 19.0 Å². The molecule has 1 rings (SSSR count). The summed E-state index contributed by atoms with van der Waals surface area (Å²) in [5.41, 5.74) is 7.29. The first-order chi connectivity index (χ1) is 6.93. The highest BCUT2D eigenvalue weighted by Crippen LogP contribution is 2.34. The topological polar surface area (TPSA) is 46.2 Å². The van der Waals surface area contributed by atoms with E-state index in [1.807, 2.05) is 6.92 Å². The van der Waals surface area contributed by atoms with E-state index in [2.05, 4.69) is 22.5 Å². The zero-order chi connectivity index (χ0) is 11.6. The Morgan fingerprint density at radius 2 is 2.19 bits per heavy atom. The molecule has 0 aliphatic carbocycles. The third-order valence-electron chi connectivity index (χ3n) is 2.07. The molecule has 1 aromatic rings. The number of benzene rings is 1. The summed E-state index contributed by atoms with van der Waals surface area (Å²) < 4.78 is 13.1. The third kappa shape index (κ3) is 3.47. The molecule has 0 aliphatic heterocycles. The molecule has 0 aromatic heterocycles. The number of phenols is 1. The van der Waals surface area contributed by atoms with Crippen LogP contribution in [0.25, 0.3) is 0 Å². The molecule has 2 nitrogen and oxygen atoms in total. The molecule has 0 saturated carbocycles. The van der Waals surface area contributed by atoms with Crippen molar-refractivity contribution in [2.75, 3.05) is 0 Å². The number of nitrogens with two attached hydrogens (primary N) is 1. The Kier molecular flexibility index (Phi) is 6.00. The van der Waals surface area contributed by atoms with Gasteiger partial charge in [0.15, 0.2) is 0 Å². The highest BCUT2D eigenvalue weighted by molar-refractivity contribution is 9.10. The van der Waals surface area contributed by atoms with Crippen molar-refractivity contribution in [1.29, 1.82) is 0 Å². The molecule has 0 bridgehead atoms. The highest BCUT2D eigenvalue weighted by atomic mass is 79.9. The van der Waals surface area contributed by atoms with Gasteiger partial charge in [-0.3, -0.25) is 0 Å². The molecule has 0 unspecified atom stereocenters. The molecule has 5 heteroatoms. The molecule has 0 aliphatic rings. The van der Waals surface area contributed by atoms with E-state index in [0.29, 0.717) is 12.0 Å². The Morgan fingerprint density at radius 3 is 2.69 bits per heavy atom. The molecule has 0 amide bonds. The van der Waals surface area contributed by atoms with Crippen molar-refractivity contribution in [2.45, 2.75) is 19.4 Å². The van der Waals surface area contributed by atoms with Crippen LogP contribution in [0.15, 0.2) is 28.8 Å². The minimum Gasteiger partial charge on any atom is -0.506 e. The second-order valence-electron chi connectivity index (χ2n) is 3.57. The van der Waals surface area contributed by atoms with Gasteiger partial charge in [0.25, 0.3) is 0 Å². The van der Waals surface area contributed by atoms with Crippen LogP contribution >= 0.6 is 28.3 Å². The van der Waals surface area contributed by atoms with Crippen LogP contribution in [0.2, 0.25) is 0 Å². The van der Waals surface area contributed by atoms with Gasteiger partial charge in [0, 0.05) is 11.6 Å². The normalized spacial score (nSPS) is 11.8. The molecule has 90 valence electrons. The molecule has 1 atom stereocenters. The smallest absolute Gasteiger partial charge is 0.141 e. The maximum Gasteiger partial charge on any atom is 0.141 e. The summed E-state index contributed by atoms with van der Waals surface area (Å²) in [5, 5.41) is 9.67. The summed E-state index contributed by atoms with van der Waals surface area (Å²) in [4.78, 5) is 0. The van der Waals surface area contributed by atoms with Crippen molar-refractivity contribution in [1.82, 2.24) is 0 Å². The van der Waals surface area contributed by atoms with Gasteiger partial charge in [0.1, 0.15) is 11.6 Å². The Labute approximate surface area is 109 Å². The molecule has 0 radical (unpaired) electrons. The first kappa shape index (κ1) is 15.4. The third-order valence-corrected chi connectivity index (χ3v) is 2.82. The lowest BCUT2D eigenvalue weighted by Gasteiger charge is -2.14. The number of halogens is 3. The minimum absolute atomic E-state index is 0. The zero-order valence-electron chi connectivity index (χ0n) is 8.84. The van der Waals surface area contributed by atoms with Crippen molar-refractivity contribution in [3.8, 4) is 5.75 Å². The van der Waals surface area contributed by atoms with E-state index >= 15 is 0 Å². The van der Waals surface area contributed by atoms with Crippen LogP contribution in [0, 0.1) is 5.82 Å². The van der Waals surface area contributed by atoms with Gasteiger partial charge in [-0.25, -0.2) is 4.39 Å². The van der Waals surface area contributed by atoms with Gasteiger partial charge in [-0.1, -0.05) is 11.6 Å². The Balaban J connectivity index is 0.00000225. The predicted molar refractivity (Wildman–Crippen MR) is 69.4 cm³/mol. The molecule has 0 saturated heterocycles. The fourth-order valence-electron chi connectivity index (χ4n) is 1.34. The summed E-state index contributed by atoms with van der Waals surface area (Å²) in [7, 11) is 0. The predicted octanol–water partition coefficient (Wildman–Crippen LogP) is 3.68. The van der Waals surface area contributed by atoms with Gasteiger partial charge in [0.05, 0.1) is 4.47 Å². The summed E-state index contributed by atoms with van der Waals surface area (Å²) >= 11 is 2.96. The number of hydrogen-bond donors (Lipinski definition) is 2. The molecule has 0 fully saturated rings. The summed E-state index contributed by atoms with van der Waals surface area (Å²) in [6, 6.07) is 2.40. The lowest BCUT2D eigenvalue weighted by molar-refractivity contribution is 0.450. The Morgan fingerprint density at radius 1 is 1.62 bits per heavy atom. The molecule has 1 aromatic carbocycles. The van der Waals surface area contributed by atoms with Gasteiger partial charge >= 0.3 is 0 Å². The van der Waals surface area contributed by atoms with Gasteiger partial charge in [0.2, 0.25) is 0 Å². The van der Waals surface area contributed by atoms with Crippen LogP contribution in [0.4, 0.5) is 4.39 Å². The van der Waals surface area contributed by atoms with Crippen molar-refractivity contribution in [2.24, 2.45) is 5.73 Å². The standard InChI is InChI=1S/C11H13BrFNO.ClH/c1-6(2)5-9(14)7-3-4-8(13)10(12)11(7)15;/h3-4,9,15H,1,5,14H2,2H3;1H/t9-;/m0./s1. The van der Waals surface area contributed by atoms with E-state index in [4.69, 9.17) is 5.73 Å². The first-order valence-corrected chi connectivity index (χ1v) is 5.29. The second kappa shape index (κ2) is 6.23. The number of phenolic OH excluding ortho intramolecular Hbond substituents is 1. The SMILES string of the molecule is C=C(C)C[C@H](N)c1ccc(F)c(Br)c1O.Cl. The summed E-state index contributed by atoms with van der Waals surface area (Å²) in [6.45, 7) is 5.60. The molecule has 0 spiro atoms. The lowest BCUT2D eigenvalue weighted by atomic mass is 10.0. The van der Waals surface area contributed by atoms with Crippen molar-refractivity contribution >= 4 is 28.3 Å². The van der Waals surface area contributed by atoms with Crippen LogP contribution < -0.4 is 5.73 Å². The van der Waals surface area contributed by atoms with E-state index in [1.165, 1.54) is 12.1 Å². The molecule has 0 heterocycles. The maximum atomic E-state index is 13.0. The van der Waals surface area contributed by atoms with Crippen molar-refractivity contribution in [3.63, 3.8) is 0 Å². The fourth-order valence-corrected chi connectivity index (χ4v) is 1.70. The van der Waals surface area contributed by atoms with Crippen LogP contribution in [0.1, 0.15) is 24.9 Å². The molecule has 16 heavy (non-hydrogen) atoms. The van der Waals surface area contributed by atoms with E-state index in [1.54, 1.807) is 0 Å². The Bertz CT molecular complexity index is 398. The van der Waals surface area contributed by atoms with Crippen molar-refractivity contribution in [3.05, 3.63) is 40.1 Å². The van der Waals surface area contributed by atoms with E-state index in [-0.39, 0.29) is 28.7 Å². The maximum absolute atomic E-state index is 13.0. The van der Waals surface area contributed by atoms with Crippen LogP contribution in [-0.2, 0) is 0 Å².